The lowest BCUT2D eigenvalue weighted by Crippen LogP contribution is -2.31. The Morgan fingerprint density at radius 3 is 2.71 bits per heavy atom. The first-order valence-corrected chi connectivity index (χ1v) is 6.92. The molecule has 0 aliphatic heterocycles. The maximum absolute atomic E-state index is 11.4. The summed E-state index contributed by atoms with van der Waals surface area (Å²) in [7, 11) is 0. The molecule has 1 aliphatic rings. The Morgan fingerprint density at radius 1 is 1.24 bits per heavy atom. The molecule has 1 saturated carbocycles. The molecule has 0 aromatic heterocycles. The van der Waals surface area contributed by atoms with Crippen LogP contribution in [0.2, 0.25) is 0 Å². The molecular formula is C13H26N2O2. The predicted molar refractivity (Wildman–Crippen MR) is 69.0 cm³/mol. The zero-order valence-corrected chi connectivity index (χ0v) is 11.0. The van der Waals surface area contributed by atoms with Gasteiger partial charge < -0.3 is 15.4 Å². The molecule has 2 N–H and O–H groups in total. The van der Waals surface area contributed by atoms with Crippen LogP contribution in [0.1, 0.15) is 45.4 Å². The van der Waals surface area contributed by atoms with Crippen LogP contribution < -0.4 is 10.6 Å². The maximum Gasteiger partial charge on any atom is 0.221 e. The van der Waals surface area contributed by atoms with Gasteiger partial charge in [0, 0.05) is 19.5 Å². The molecular weight excluding hydrogens is 216 g/mol. The molecule has 17 heavy (non-hydrogen) atoms. The van der Waals surface area contributed by atoms with Crippen LogP contribution in [0.4, 0.5) is 0 Å². The van der Waals surface area contributed by atoms with Crippen molar-refractivity contribution in [1.82, 2.24) is 10.6 Å². The fourth-order valence-corrected chi connectivity index (χ4v) is 2.11. The zero-order valence-electron chi connectivity index (χ0n) is 11.0. The molecule has 0 atom stereocenters. The summed E-state index contributed by atoms with van der Waals surface area (Å²) in [6.45, 7) is 5.00. The first-order chi connectivity index (χ1) is 8.33. The van der Waals surface area contributed by atoms with Gasteiger partial charge in [0.2, 0.25) is 5.91 Å². The molecule has 100 valence electrons. The summed E-state index contributed by atoms with van der Waals surface area (Å²) in [5, 5.41) is 6.01. The molecule has 0 aromatic rings. The Bertz CT molecular complexity index is 204. The van der Waals surface area contributed by atoms with E-state index in [-0.39, 0.29) is 5.91 Å². The molecule has 0 spiro atoms. The highest BCUT2D eigenvalue weighted by molar-refractivity contribution is 5.75. The molecule has 0 radical (unpaired) electrons. The summed E-state index contributed by atoms with van der Waals surface area (Å²) in [5.41, 5.74) is 0. The van der Waals surface area contributed by atoms with Crippen LogP contribution in [0.15, 0.2) is 0 Å². The van der Waals surface area contributed by atoms with E-state index in [4.69, 9.17) is 4.74 Å². The molecule has 0 saturated heterocycles. The fourth-order valence-electron chi connectivity index (χ4n) is 2.11. The SMILES string of the molecule is CCNCCC(=O)NCCOC1CCCCC1. The van der Waals surface area contributed by atoms with Gasteiger partial charge >= 0.3 is 0 Å². The van der Waals surface area contributed by atoms with Crippen LogP contribution in [-0.4, -0.2) is 38.3 Å². The summed E-state index contributed by atoms with van der Waals surface area (Å²) < 4.78 is 5.73. The van der Waals surface area contributed by atoms with Gasteiger partial charge in [-0.25, -0.2) is 0 Å². The number of carbonyl (C=O) groups excluding carboxylic acids is 1. The molecule has 1 fully saturated rings. The highest BCUT2D eigenvalue weighted by Gasteiger charge is 2.13. The second kappa shape index (κ2) is 9.42. The van der Waals surface area contributed by atoms with E-state index in [1.165, 1.54) is 32.1 Å². The van der Waals surface area contributed by atoms with E-state index in [1.54, 1.807) is 0 Å². The zero-order chi connectivity index (χ0) is 12.3. The Kier molecular flexibility index (Phi) is 8.01. The average molecular weight is 242 g/mol. The predicted octanol–water partition coefficient (Wildman–Crippen LogP) is 1.45. The molecule has 0 unspecified atom stereocenters. The van der Waals surface area contributed by atoms with Crippen LogP contribution >= 0.6 is 0 Å². The summed E-state index contributed by atoms with van der Waals surface area (Å²) in [4.78, 5) is 11.4. The number of rotatable bonds is 8. The lowest BCUT2D eigenvalue weighted by molar-refractivity contribution is -0.121. The largest absolute Gasteiger partial charge is 0.376 e. The van der Waals surface area contributed by atoms with Gasteiger partial charge in [-0.3, -0.25) is 4.79 Å². The average Bonchev–Trinajstić information content (AvgIpc) is 2.36. The monoisotopic (exact) mass is 242 g/mol. The third-order valence-corrected chi connectivity index (χ3v) is 3.11. The molecule has 4 nitrogen and oxygen atoms in total. The highest BCUT2D eigenvalue weighted by Crippen LogP contribution is 2.19. The highest BCUT2D eigenvalue weighted by atomic mass is 16.5. The van der Waals surface area contributed by atoms with Gasteiger partial charge in [-0.2, -0.15) is 0 Å². The molecule has 4 heteroatoms. The summed E-state index contributed by atoms with van der Waals surface area (Å²) in [6, 6.07) is 0. The summed E-state index contributed by atoms with van der Waals surface area (Å²) >= 11 is 0. The Labute approximate surface area is 104 Å². The summed E-state index contributed by atoms with van der Waals surface area (Å²) in [5.74, 6) is 0.109. The van der Waals surface area contributed by atoms with Crippen LogP contribution in [0.3, 0.4) is 0 Å². The Hall–Kier alpha value is -0.610. The van der Waals surface area contributed by atoms with Gasteiger partial charge in [0.05, 0.1) is 12.7 Å². The summed E-state index contributed by atoms with van der Waals surface area (Å²) in [6.07, 6.45) is 7.29. The van der Waals surface area contributed by atoms with Gasteiger partial charge in [0.1, 0.15) is 0 Å². The van der Waals surface area contributed by atoms with Crippen LogP contribution in [0.5, 0.6) is 0 Å². The smallest absolute Gasteiger partial charge is 0.221 e. The first-order valence-electron chi connectivity index (χ1n) is 6.92. The molecule has 1 aliphatic carbocycles. The van der Waals surface area contributed by atoms with Crippen LogP contribution in [0, 0.1) is 0 Å². The van der Waals surface area contributed by atoms with Crippen LogP contribution in [0.25, 0.3) is 0 Å². The van der Waals surface area contributed by atoms with E-state index >= 15 is 0 Å². The molecule has 1 rings (SSSR count). The van der Waals surface area contributed by atoms with Gasteiger partial charge in [0.25, 0.3) is 0 Å². The molecule has 0 heterocycles. The lowest BCUT2D eigenvalue weighted by Gasteiger charge is -2.21. The van der Waals surface area contributed by atoms with Crippen molar-refractivity contribution in [2.45, 2.75) is 51.6 Å². The van der Waals surface area contributed by atoms with E-state index in [2.05, 4.69) is 10.6 Å². The number of nitrogens with one attached hydrogen (secondary N) is 2. The minimum atomic E-state index is 0.109. The molecule has 1 amide bonds. The minimum Gasteiger partial charge on any atom is -0.376 e. The van der Waals surface area contributed by atoms with Crippen molar-refractivity contribution in [3.05, 3.63) is 0 Å². The number of hydrogen-bond donors (Lipinski definition) is 2. The van der Waals surface area contributed by atoms with Crippen molar-refractivity contribution in [3.63, 3.8) is 0 Å². The minimum absolute atomic E-state index is 0.109. The number of hydrogen-bond acceptors (Lipinski definition) is 3. The molecule has 0 aromatic carbocycles. The van der Waals surface area contributed by atoms with Crippen molar-refractivity contribution >= 4 is 5.91 Å². The quantitative estimate of drug-likeness (QED) is 0.633. The fraction of sp³-hybridized carbons (Fsp3) is 0.923. The van der Waals surface area contributed by atoms with Crippen molar-refractivity contribution < 1.29 is 9.53 Å². The Balaban J connectivity index is 1.90. The second-order valence-corrected chi connectivity index (χ2v) is 4.58. The van der Waals surface area contributed by atoms with E-state index in [9.17, 15) is 4.79 Å². The normalized spacial score (nSPS) is 17.0. The topological polar surface area (TPSA) is 50.4 Å². The maximum atomic E-state index is 11.4. The van der Waals surface area contributed by atoms with Crippen molar-refractivity contribution in [1.29, 1.82) is 0 Å². The standard InChI is InChI=1S/C13H26N2O2/c1-2-14-9-8-13(16)15-10-11-17-12-6-4-3-5-7-12/h12,14H,2-11H2,1H3,(H,15,16). The van der Waals surface area contributed by atoms with Crippen molar-refractivity contribution in [2.24, 2.45) is 0 Å². The van der Waals surface area contributed by atoms with E-state index in [0.29, 0.717) is 25.7 Å². The first kappa shape index (κ1) is 14.5. The second-order valence-electron chi connectivity index (χ2n) is 4.58. The lowest BCUT2D eigenvalue weighted by atomic mass is 9.98. The van der Waals surface area contributed by atoms with Gasteiger partial charge in [-0.1, -0.05) is 26.2 Å². The Morgan fingerprint density at radius 2 is 2.00 bits per heavy atom. The molecule has 0 bridgehead atoms. The van der Waals surface area contributed by atoms with E-state index in [0.717, 1.165) is 13.1 Å². The van der Waals surface area contributed by atoms with Gasteiger partial charge in [-0.05, 0) is 19.4 Å². The van der Waals surface area contributed by atoms with Crippen molar-refractivity contribution in [2.75, 3.05) is 26.2 Å². The van der Waals surface area contributed by atoms with Gasteiger partial charge in [0.15, 0.2) is 0 Å². The third kappa shape index (κ3) is 7.34. The van der Waals surface area contributed by atoms with Crippen LogP contribution in [-0.2, 0) is 9.53 Å². The van der Waals surface area contributed by atoms with Crippen molar-refractivity contribution in [3.8, 4) is 0 Å². The van der Waals surface area contributed by atoms with E-state index < -0.39 is 0 Å². The van der Waals surface area contributed by atoms with E-state index in [1.807, 2.05) is 6.92 Å². The number of ether oxygens (including phenoxy) is 1. The third-order valence-electron chi connectivity index (χ3n) is 3.11. The number of carbonyl (C=O) groups is 1. The van der Waals surface area contributed by atoms with Gasteiger partial charge in [-0.15, -0.1) is 0 Å². The number of amides is 1.